The third-order valence-electron chi connectivity index (χ3n) is 3.41. The summed E-state index contributed by atoms with van der Waals surface area (Å²) in [5.41, 5.74) is 0.161. The van der Waals surface area contributed by atoms with E-state index < -0.39 is 0 Å². The van der Waals surface area contributed by atoms with Crippen molar-refractivity contribution in [2.24, 2.45) is 11.3 Å². The first-order chi connectivity index (χ1) is 5.63. The molecule has 1 aliphatic heterocycles. The molecule has 0 amide bonds. The van der Waals surface area contributed by atoms with Crippen LogP contribution in [0, 0.1) is 11.3 Å². The number of fused-ring (bicyclic) bond motifs is 1. The highest BCUT2D eigenvalue weighted by molar-refractivity contribution is 5.83. The SMILES string of the molecule is C[C@H]1OC[C@@]2(C)CCCC(=O)[C@@H]12. The van der Waals surface area contributed by atoms with E-state index in [0.29, 0.717) is 5.78 Å². The molecule has 2 fully saturated rings. The van der Waals surface area contributed by atoms with Crippen molar-refractivity contribution in [3.63, 3.8) is 0 Å². The van der Waals surface area contributed by atoms with Crippen LogP contribution in [-0.2, 0) is 9.53 Å². The standard InChI is InChI=1S/C10H16O2/c1-7-9-8(11)4-3-5-10(9,2)6-12-7/h7,9H,3-6H2,1-2H3/t7-,9-,10-/m1/s1. The molecule has 2 rings (SSSR count). The molecule has 0 spiro atoms. The number of rotatable bonds is 0. The second-order valence-corrected chi connectivity index (χ2v) is 4.47. The molecule has 0 aromatic heterocycles. The third-order valence-corrected chi connectivity index (χ3v) is 3.41. The number of carbonyl (C=O) groups is 1. The number of ether oxygens (including phenoxy) is 1. The summed E-state index contributed by atoms with van der Waals surface area (Å²) in [6, 6.07) is 0. The molecule has 0 N–H and O–H groups in total. The Morgan fingerprint density at radius 3 is 3.00 bits per heavy atom. The van der Waals surface area contributed by atoms with Crippen molar-refractivity contribution in [3.8, 4) is 0 Å². The molecule has 2 nitrogen and oxygen atoms in total. The predicted molar refractivity (Wildman–Crippen MR) is 45.9 cm³/mol. The molecule has 0 aromatic carbocycles. The predicted octanol–water partition coefficient (Wildman–Crippen LogP) is 1.78. The van der Waals surface area contributed by atoms with E-state index in [1.807, 2.05) is 6.92 Å². The zero-order valence-electron chi connectivity index (χ0n) is 7.80. The minimum atomic E-state index is 0.155. The van der Waals surface area contributed by atoms with Crippen LogP contribution in [0.25, 0.3) is 0 Å². The molecule has 0 aromatic rings. The normalized spacial score (nSPS) is 47.7. The Hall–Kier alpha value is -0.370. The quantitative estimate of drug-likeness (QED) is 0.551. The highest BCUT2D eigenvalue weighted by atomic mass is 16.5. The van der Waals surface area contributed by atoms with Gasteiger partial charge in [0.25, 0.3) is 0 Å². The minimum Gasteiger partial charge on any atom is -0.377 e. The Bertz CT molecular complexity index is 208. The van der Waals surface area contributed by atoms with Crippen LogP contribution in [0.4, 0.5) is 0 Å². The summed E-state index contributed by atoms with van der Waals surface area (Å²) in [5, 5.41) is 0. The maximum absolute atomic E-state index is 11.6. The molecule has 1 saturated heterocycles. The van der Waals surface area contributed by atoms with Gasteiger partial charge < -0.3 is 4.74 Å². The summed E-state index contributed by atoms with van der Waals surface area (Å²) in [7, 11) is 0. The van der Waals surface area contributed by atoms with Crippen molar-refractivity contribution in [2.75, 3.05) is 6.61 Å². The van der Waals surface area contributed by atoms with Crippen LogP contribution in [0.15, 0.2) is 0 Å². The lowest BCUT2D eigenvalue weighted by molar-refractivity contribution is -0.129. The van der Waals surface area contributed by atoms with Crippen molar-refractivity contribution in [2.45, 2.75) is 39.2 Å². The molecule has 3 atom stereocenters. The zero-order chi connectivity index (χ0) is 8.77. The minimum absolute atomic E-state index is 0.155. The molecule has 68 valence electrons. The van der Waals surface area contributed by atoms with Crippen molar-refractivity contribution in [1.29, 1.82) is 0 Å². The maximum Gasteiger partial charge on any atom is 0.139 e. The number of carbonyl (C=O) groups excluding carboxylic acids is 1. The average molecular weight is 168 g/mol. The van der Waals surface area contributed by atoms with Crippen LogP contribution in [0.1, 0.15) is 33.1 Å². The van der Waals surface area contributed by atoms with Crippen LogP contribution in [0.5, 0.6) is 0 Å². The second-order valence-electron chi connectivity index (χ2n) is 4.47. The van der Waals surface area contributed by atoms with Gasteiger partial charge in [0.1, 0.15) is 5.78 Å². The van der Waals surface area contributed by atoms with Crippen molar-refractivity contribution < 1.29 is 9.53 Å². The van der Waals surface area contributed by atoms with Crippen LogP contribution >= 0.6 is 0 Å². The van der Waals surface area contributed by atoms with Gasteiger partial charge in [0.2, 0.25) is 0 Å². The lowest BCUT2D eigenvalue weighted by Crippen LogP contribution is -2.38. The fourth-order valence-corrected chi connectivity index (χ4v) is 2.77. The van der Waals surface area contributed by atoms with Gasteiger partial charge in [-0.2, -0.15) is 0 Å². The molecule has 0 unspecified atom stereocenters. The van der Waals surface area contributed by atoms with Gasteiger partial charge >= 0.3 is 0 Å². The van der Waals surface area contributed by atoms with E-state index in [1.165, 1.54) is 0 Å². The van der Waals surface area contributed by atoms with Crippen LogP contribution in [0.2, 0.25) is 0 Å². The Balaban J connectivity index is 2.26. The van der Waals surface area contributed by atoms with Crippen LogP contribution < -0.4 is 0 Å². The van der Waals surface area contributed by atoms with Gasteiger partial charge in [-0.25, -0.2) is 0 Å². The van der Waals surface area contributed by atoms with E-state index in [1.54, 1.807) is 0 Å². The first-order valence-corrected chi connectivity index (χ1v) is 4.78. The molecular weight excluding hydrogens is 152 g/mol. The van der Waals surface area contributed by atoms with E-state index in [0.717, 1.165) is 25.9 Å². The van der Waals surface area contributed by atoms with E-state index in [2.05, 4.69) is 6.92 Å². The van der Waals surface area contributed by atoms with Gasteiger partial charge in [0.15, 0.2) is 0 Å². The lowest BCUT2D eigenvalue weighted by Gasteiger charge is -2.34. The van der Waals surface area contributed by atoms with E-state index in [9.17, 15) is 4.79 Å². The third kappa shape index (κ3) is 1.01. The fraction of sp³-hybridized carbons (Fsp3) is 0.900. The van der Waals surface area contributed by atoms with Gasteiger partial charge in [-0.1, -0.05) is 6.92 Å². The Morgan fingerprint density at radius 1 is 1.58 bits per heavy atom. The topological polar surface area (TPSA) is 26.3 Å². The largest absolute Gasteiger partial charge is 0.377 e. The lowest BCUT2D eigenvalue weighted by atomic mass is 9.67. The molecule has 1 aliphatic carbocycles. The summed E-state index contributed by atoms with van der Waals surface area (Å²) in [5.74, 6) is 0.611. The van der Waals surface area contributed by atoms with E-state index >= 15 is 0 Å². The summed E-state index contributed by atoms with van der Waals surface area (Å²) >= 11 is 0. The number of hydrogen-bond donors (Lipinski definition) is 0. The molecule has 12 heavy (non-hydrogen) atoms. The molecule has 2 aliphatic rings. The van der Waals surface area contributed by atoms with Gasteiger partial charge in [0.05, 0.1) is 18.6 Å². The van der Waals surface area contributed by atoms with Gasteiger partial charge in [-0.3, -0.25) is 4.79 Å². The van der Waals surface area contributed by atoms with Gasteiger partial charge in [-0.05, 0) is 19.8 Å². The van der Waals surface area contributed by atoms with Crippen molar-refractivity contribution in [3.05, 3.63) is 0 Å². The Labute approximate surface area is 73.3 Å². The number of Topliss-reactive ketones (excluding diaryl/α,β-unsaturated/α-hetero) is 1. The molecule has 1 heterocycles. The Morgan fingerprint density at radius 2 is 2.33 bits per heavy atom. The molecule has 2 heteroatoms. The van der Waals surface area contributed by atoms with Crippen molar-refractivity contribution >= 4 is 5.78 Å². The summed E-state index contributed by atoms with van der Waals surface area (Å²) in [6.07, 6.45) is 3.15. The smallest absolute Gasteiger partial charge is 0.139 e. The Kier molecular flexibility index (Phi) is 1.76. The monoisotopic (exact) mass is 168 g/mol. The van der Waals surface area contributed by atoms with Crippen LogP contribution in [-0.4, -0.2) is 18.5 Å². The first-order valence-electron chi connectivity index (χ1n) is 4.78. The fourth-order valence-electron chi connectivity index (χ4n) is 2.77. The van der Waals surface area contributed by atoms with Crippen molar-refractivity contribution in [1.82, 2.24) is 0 Å². The summed E-state index contributed by atoms with van der Waals surface area (Å²) < 4.78 is 5.55. The van der Waals surface area contributed by atoms with Crippen LogP contribution in [0.3, 0.4) is 0 Å². The average Bonchev–Trinajstić information content (AvgIpc) is 2.29. The molecule has 0 bridgehead atoms. The summed E-state index contributed by atoms with van der Waals surface area (Å²) in [4.78, 5) is 11.6. The van der Waals surface area contributed by atoms with Gasteiger partial charge in [0, 0.05) is 11.8 Å². The molecular formula is C10H16O2. The maximum atomic E-state index is 11.6. The summed E-state index contributed by atoms with van der Waals surface area (Å²) in [6.45, 7) is 5.00. The van der Waals surface area contributed by atoms with Gasteiger partial charge in [-0.15, -0.1) is 0 Å². The van der Waals surface area contributed by atoms with E-state index in [4.69, 9.17) is 4.74 Å². The molecule has 1 saturated carbocycles. The zero-order valence-corrected chi connectivity index (χ0v) is 7.80. The number of ketones is 1. The van der Waals surface area contributed by atoms with E-state index in [-0.39, 0.29) is 17.4 Å². The highest BCUT2D eigenvalue weighted by Gasteiger charge is 2.49. The highest BCUT2D eigenvalue weighted by Crippen LogP contribution is 2.46. The first kappa shape index (κ1) is 8.24. The number of hydrogen-bond acceptors (Lipinski definition) is 2. The molecule has 0 radical (unpaired) electrons. The second kappa shape index (κ2) is 2.56.